The number of ether oxygens (including phenoxy) is 1. The van der Waals surface area contributed by atoms with E-state index in [0.717, 1.165) is 16.7 Å². The lowest BCUT2D eigenvalue weighted by Gasteiger charge is -2.27. The second-order valence-corrected chi connectivity index (χ2v) is 9.75. The Bertz CT molecular complexity index is 1250. The van der Waals surface area contributed by atoms with Crippen molar-refractivity contribution in [2.24, 2.45) is 0 Å². The lowest BCUT2D eigenvalue weighted by Crippen LogP contribution is -2.29. The Hall–Kier alpha value is -3.86. The van der Waals surface area contributed by atoms with Gasteiger partial charge in [-0.05, 0) is 41.2 Å². The maximum absolute atomic E-state index is 13.3. The van der Waals surface area contributed by atoms with Gasteiger partial charge < -0.3 is 14.7 Å². The molecule has 0 saturated carbocycles. The lowest BCUT2D eigenvalue weighted by atomic mass is 9.85. The predicted molar refractivity (Wildman–Crippen MR) is 137 cm³/mol. The molecular formula is C30H31NO4. The highest BCUT2D eigenvalue weighted by Gasteiger charge is 2.46. The highest BCUT2D eigenvalue weighted by Crippen LogP contribution is 2.41. The van der Waals surface area contributed by atoms with E-state index in [1.165, 1.54) is 4.90 Å². The maximum atomic E-state index is 13.3. The summed E-state index contributed by atoms with van der Waals surface area (Å²) in [7, 11) is 0. The Balaban J connectivity index is 1.82. The van der Waals surface area contributed by atoms with Gasteiger partial charge in [0.05, 0.1) is 18.2 Å². The minimum Gasteiger partial charge on any atom is -0.507 e. The van der Waals surface area contributed by atoms with E-state index in [1.807, 2.05) is 61.5 Å². The first-order valence-corrected chi connectivity index (χ1v) is 11.9. The molecule has 0 bridgehead atoms. The number of hydrogen-bond acceptors (Lipinski definition) is 4. The maximum Gasteiger partial charge on any atom is 0.295 e. The Morgan fingerprint density at radius 1 is 0.943 bits per heavy atom. The molecule has 3 aromatic carbocycles. The number of hydrogen-bond donors (Lipinski definition) is 1. The SMILES string of the molecule is CCOc1cccc(CN2C(=O)C(=O)/C(=C(\O)c3ccccc3)C2c2ccc(C(C)(C)C)cc2)c1. The molecule has 1 N–H and O–H groups in total. The quantitative estimate of drug-likeness (QED) is 0.273. The molecule has 1 saturated heterocycles. The van der Waals surface area contributed by atoms with Crippen molar-refractivity contribution in [1.82, 2.24) is 4.90 Å². The van der Waals surface area contributed by atoms with Crippen LogP contribution in [0.15, 0.2) is 84.4 Å². The first-order chi connectivity index (χ1) is 16.7. The van der Waals surface area contributed by atoms with Crippen molar-refractivity contribution < 1.29 is 19.4 Å². The number of carbonyl (C=O) groups excluding carboxylic acids is 2. The number of likely N-dealkylation sites (tertiary alicyclic amines) is 1. The van der Waals surface area contributed by atoms with E-state index in [4.69, 9.17) is 4.74 Å². The van der Waals surface area contributed by atoms with Crippen molar-refractivity contribution in [3.63, 3.8) is 0 Å². The summed E-state index contributed by atoms with van der Waals surface area (Å²) in [6.07, 6.45) is 0. The van der Waals surface area contributed by atoms with Gasteiger partial charge in [-0.2, -0.15) is 0 Å². The van der Waals surface area contributed by atoms with Gasteiger partial charge in [-0.15, -0.1) is 0 Å². The topological polar surface area (TPSA) is 66.8 Å². The van der Waals surface area contributed by atoms with Crippen molar-refractivity contribution >= 4 is 17.4 Å². The van der Waals surface area contributed by atoms with E-state index in [0.29, 0.717) is 17.9 Å². The van der Waals surface area contributed by atoms with Crippen LogP contribution in [0.3, 0.4) is 0 Å². The molecule has 4 rings (SSSR count). The van der Waals surface area contributed by atoms with Gasteiger partial charge in [0, 0.05) is 12.1 Å². The summed E-state index contributed by atoms with van der Waals surface area (Å²) in [5.74, 6) is -0.775. The minimum atomic E-state index is -0.708. The van der Waals surface area contributed by atoms with Crippen LogP contribution in [-0.4, -0.2) is 28.3 Å². The molecule has 5 heteroatoms. The molecule has 35 heavy (non-hydrogen) atoms. The number of benzene rings is 3. The summed E-state index contributed by atoms with van der Waals surface area (Å²) in [6, 6.07) is 23.6. The molecule has 1 unspecified atom stereocenters. The summed E-state index contributed by atoms with van der Waals surface area (Å²) in [6.45, 7) is 9.06. The van der Waals surface area contributed by atoms with E-state index < -0.39 is 17.7 Å². The Morgan fingerprint density at radius 3 is 2.26 bits per heavy atom. The Kier molecular flexibility index (Phi) is 6.79. The fourth-order valence-corrected chi connectivity index (χ4v) is 4.40. The molecule has 3 aromatic rings. The number of aliphatic hydroxyl groups is 1. The first-order valence-electron chi connectivity index (χ1n) is 11.9. The average Bonchev–Trinajstić information content (AvgIpc) is 3.09. The van der Waals surface area contributed by atoms with Crippen LogP contribution in [-0.2, 0) is 21.5 Å². The molecule has 0 aliphatic carbocycles. The van der Waals surface area contributed by atoms with Crippen LogP contribution in [0.4, 0.5) is 0 Å². The fraction of sp³-hybridized carbons (Fsp3) is 0.267. The normalized spacial score (nSPS) is 17.6. The molecule has 1 amide bonds. The zero-order chi connectivity index (χ0) is 25.2. The van der Waals surface area contributed by atoms with Gasteiger partial charge in [0.25, 0.3) is 11.7 Å². The average molecular weight is 470 g/mol. The van der Waals surface area contributed by atoms with Crippen LogP contribution in [0.5, 0.6) is 5.75 Å². The third-order valence-electron chi connectivity index (χ3n) is 6.24. The van der Waals surface area contributed by atoms with Crippen molar-refractivity contribution in [1.29, 1.82) is 0 Å². The minimum absolute atomic E-state index is 0.0376. The van der Waals surface area contributed by atoms with Crippen LogP contribution >= 0.6 is 0 Å². The second-order valence-electron chi connectivity index (χ2n) is 9.75. The van der Waals surface area contributed by atoms with Gasteiger partial charge in [-0.3, -0.25) is 9.59 Å². The van der Waals surface area contributed by atoms with Crippen LogP contribution in [0.25, 0.3) is 5.76 Å². The summed E-state index contributed by atoms with van der Waals surface area (Å²) >= 11 is 0. The molecule has 1 atom stereocenters. The third-order valence-corrected chi connectivity index (χ3v) is 6.24. The largest absolute Gasteiger partial charge is 0.507 e. The van der Waals surface area contributed by atoms with Crippen LogP contribution < -0.4 is 4.74 Å². The summed E-state index contributed by atoms with van der Waals surface area (Å²) in [5, 5.41) is 11.2. The second kappa shape index (κ2) is 9.79. The van der Waals surface area contributed by atoms with E-state index in [2.05, 4.69) is 20.8 Å². The fourth-order valence-electron chi connectivity index (χ4n) is 4.40. The van der Waals surface area contributed by atoms with Crippen molar-refractivity contribution in [2.45, 2.75) is 45.7 Å². The number of ketones is 1. The molecule has 5 nitrogen and oxygen atoms in total. The number of amides is 1. The molecule has 0 radical (unpaired) electrons. The van der Waals surface area contributed by atoms with Crippen molar-refractivity contribution in [3.05, 3.63) is 107 Å². The zero-order valence-electron chi connectivity index (χ0n) is 20.6. The number of carbonyl (C=O) groups is 2. The Morgan fingerprint density at radius 2 is 1.63 bits per heavy atom. The number of Topliss-reactive ketones (excluding diaryl/α,β-unsaturated/α-hetero) is 1. The molecule has 180 valence electrons. The highest BCUT2D eigenvalue weighted by atomic mass is 16.5. The summed E-state index contributed by atoms with van der Waals surface area (Å²) < 4.78 is 5.61. The van der Waals surface area contributed by atoms with Gasteiger partial charge >= 0.3 is 0 Å². The van der Waals surface area contributed by atoms with Gasteiger partial charge in [0.1, 0.15) is 11.5 Å². The first kappa shape index (κ1) is 24.3. The molecule has 1 aliphatic rings. The number of rotatable bonds is 6. The van der Waals surface area contributed by atoms with Crippen molar-refractivity contribution in [2.75, 3.05) is 6.61 Å². The molecule has 0 aromatic heterocycles. The van der Waals surface area contributed by atoms with Gasteiger partial charge in [-0.25, -0.2) is 0 Å². The standard InChI is InChI=1S/C30H31NO4/c1-5-35-24-13-9-10-20(18-24)19-31-26(21-14-16-23(17-15-21)30(2,3)4)25(28(33)29(31)34)27(32)22-11-7-6-8-12-22/h6-18,26,32H,5,19H2,1-4H3/b27-25-. The number of aliphatic hydroxyl groups excluding tert-OH is 1. The summed E-state index contributed by atoms with van der Waals surface area (Å²) in [5.41, 5.74) is 3.32. The molecule has 1 aliphatic heterocycles. The lowest BCUT2D eigenvalue weighted by molar-refractivity contribution is -0.140. The van der Waals surface area contributed by atoms with Crippen molar-refractivity contribution in [3.8, 4) is 5.75 Å². The monoisotopic (exact) mass is 469 g/mol. The zero-order valence-corrected chi connectivity index (χ0v) is 20.6. The third kappa shape index (κ3) is 4.99. The van der Waals surface area contributed by atoms with Gasteiger partial charge in [-0.1, -0.05) is 87.5 Å². The smallest absolute Gasteiger partial charge is 0.295 e. The Labute approximate surface area is 206 Å². The molecule has 1 heterocycles. The van der Waals surface area contributed by atoms with E-state index >= 15 is 0 Å². The highest BCUT2D eigenvalue weighted by molar-refractivity contribution is 6.46. The molecule has 0 spiro atoms. The van der Waals surface area contributed by atoms with Crippen LogP contribution in [0, 0.1) is 0 Å². The van der Waals surface area contributed by atoms with E-state index in [1.54, 1.807) is 24.3 Å². The predicted octanol–water partition coefficient (Wildman–Crippen LogP) is 6.00. The van der Waals surface area contributed by atoms with Gasteiger partial charge in [0.2, 0.25) is 0 Å². The van der Waals surface area contributed by atoms with Crippen LogP contribution in [0.1, 0.15) is 56.0 Å². The molecular weight excluding hydrogens is 438 g/mol. The van der Waals surface area contributed by atoms with Gasteiger partial charge in [0.15, 0.2) is 0 Å². The van der Waals surface area contributed by atoms with E-state index in [-0.39, 0.29) is 23.3 Å². The summed E-state index contributed by atoms with van der Waals surface area (Å²) in [4.78, 5) is 28.1. The number of nitrogens with zero attached hydrogens (tertiary/aromatic N) is 1. The van der Waals surface area contributed by atoms with Crippen LogP contribution in [0.2, 0.25) is 0 Å². The van der Waals surface area contributed by atoms with E-state index in [9.17, 15) is 14.7 Å². The molecule has 1 fully saturated rings.